The molecule has 0 radical (unpaired) electrons. The van der Waals surface area contributed by atoms with Crippen LogP contribution in [-0.4, -0.2) is 50.7 Å². The Morgan fingerprint density at radius 2 is 1.90 bits per heavy atom. The van der Waals surface area contributed by atoms with E-state index in [0.717, 1.165) is 55.7 Å². The van der Waals surface area contributed by atoms with Crippen LogP contribution in [0.4, 0.5) is 5.69 Å². The molecular formula is C22H28IN5O. The molecule has 0 spiro atoms. The van der Waals surface area contributed by atoms with Crippen molar-refractivity contribution in [1.82, 2.24) is 10.2 Å². The minimum Gasteiger partial charge on any atom is -0.495 e. The van der Waals surface area contributed by atoms with Gasteiger partial charge in [0.1, 0.15) is 5.75 Å². The number of methoxy groups -OCH3 is 1. The fraction of sp³-hybridized carbons (Fsp3) is 0.364. The van der Waals surface area contributed by atoms with Gasteiger partial charge >= 0.3 is 0 Å². The highest BCUT2D eigenvalue weighted by Crippen LogP contribution is 2.28. The van der Waals surface area contributed by atoms with Crippen LogP contribution in [-0.2, 0) is 6.54 Å². The van der Waals surface area contributed by atoms with E-state index in [1.54, 1.807) is 7.11 Å². The average Bonchev–Trinajstić information content (AvgIpc) is 2.77. The summed E-state index contributed by atoms with van der Waals surface area (Å²) in [6, 6.07) is 18.0. The van der Waals surface area contributed by atoms with Gasteiger partial charge in [-0.1, -0.05) is 24.3 Å². The number of rotatable bonds is 5. The second-order valence-electron chi connectivity index (χ2n) is 6.63. The fourth-order valence-electron chi connectivity index (χ4n) is 3.38. The molecule has 0 saturated carbocycles. The third-order valence-corrected chi connectivity index (χ3v) is 4.81. The molecule has 0 aromatic heterocycles. The molecular weight excluding hydrogens is 477 g/mol. The molecule has 1 heterocycles. The number of guanidine groups is 1. The Morgan fingerprint density at radius 3 is 2.59 bits per heavy atom. The van der Waals surface area contributed by atoms with Crippen molar-refractivity contribution in [2.45, 2.75) is 13.5 Å². The maximum absolute atomic E-state index is 9.06. The van der Waals surface area contributed by atoms with E-state index in [1.165, 1.54) is 0 Å². The summed E-state index contributed by atoms with van der Waals surface area (Å²) in [6.45, 7) is 7.07. The number of nitrogens with one attached hydrogen (secondary N) is 1. The Kier molecular flexibility index (Phi) is 9.06. The number of nitriles is 1. The van der Waals surface area contributed by atoms with Crippen molar-refractivity contribution in [2.24, 2.45) is 4.99 Å². The molecule has 0 atom stereocenters. The topological polar surface area (TPSA) is 63.9 Å². The molecule has 1 N–H and O–H groups in total. The summed E-state index contributed by atoms with van der Waals surface area (Å²) in [7, 11) is 1.71. The van der Waals surface area contributed by atoms with Crippen molar-refractivity contribution in [3.8, 4) is 11.8 Å². The maximum Gasteiger partial charge on any atom is 0.194 e. The predicted octanol–water partition coefficient (Wildman–Crippen LogP) is 3.47. The lowest BCUT2D eigenvalue weighted by Crippen LogP contribution is -2.52. The van der Waals surface area contributed by atoms with Gasteiger partial charge in [-0.2, -0.15) is 5.26 Å². The Morgan fingerprint density at radius 1 is 1.14 bits per heavy atom. The molecule has 0 aliphatic carbocycles. The summed E-state index contributed by atoms with van der Waals surface area (Å²) in [5.74, 6) is 1.83. The summed E-state index contributed by atoms with van der Waals surface area (Å²) in [4.78, 5) is 9.44. The number of halogens is 1. The minimum absolute atomic E-state index is 0. The molecule has 1 fully saturated rings. The van der Waals surface area contributed by atoms with Crippen molar-refractivity contribution in [3.63, 3.8) is 0 Å². The summed E-state index contributed by atoms with van der Waals surface area (Å²) in [5.41, 5.74) is 2.85. The monoisotopic (exact) mass is 505 g/mol. The number of piperazine rings is 1. The van der Waals surface area contributed by atoms with E-state index in [9.17, 15) is 0 Å². The number of ether oxygens (including phenoxy) is 1. The molecule has 2 aromatic rings. The smallest absolute Gasteiger partial charge is 0.194 e. The van der Waals surface area contributed by atoms with Crippen LogP contribution in [0.15, 0.2) is 53.5 Å². The quantitative estimate of drug-likeness (QED) is 0.383. The van der Waals surface area contributed by atoms with Crippen molar-refractivity contribution in [1.29, 1.82) is 5.26 Å². The van der Waals surface area contributed by atoms with Gasteiger partial charge in [0, 0.05) is 32.7 Å². The molecule has 6 nitrogen and oxygen atoms in total. The van der Waals surface area contributed by atoms with Gasteiger partial charge in [0.2, 0.25) is 0 Å². The molecule has 0 amide bonds. The summed E-state index contributed by atoms with van der Waals surface area (Å²) < 4.78 is 5.50. The number of anilines is 1. The highest BCUT2D eigenvalue weighted by molar-refractivity contribution is 14.0. The van der Waals surface area contributed by atoms with E-state index >= 15 is 0 Å². The number of benzene rings is 2. The first-order valence-electron chi connectivity index (χ1n) is 9.65. The average molecular weight is 505 g/mol. The lowest BCUT2D eigenvalue weighted by atomic mass is 10.1. The highest BCUT2D eigenvalue weighted by atomic mass is 127. The number of para-hydroxylation sites is 2. The van der Waals surface area contributed by atoms with Crippen LogP contribution in [0.3, 0.4) is 0 Å². The van der Waals surface area contributed by atoms with E-state index in [2.05, 4.69) is 34.2 Å². The number of hydrogen-bond acceptors (Lipinski definition) is 4. The fourth-order valence-corrected chi connectivity index (χ4v) is 3.38. The zero-order valence-electron chi connectivity index (χ0n) is 17.0. The zero-order chi connectivity index (χ0) is 19.8. The van der Waals surface area contributed by atoms with Gasteiger partial charge in [-0.15, -0.1) is 24.0 Å². The first kappa shape index (κ1) is 22.8. The Hall–Kier alpha value is -2.47. The molecule has 154 valence electrons. The number of nitrogens with zero attached hydrogens (tertiary/aromatic N) is 4. The molecule has 0 bridgehead atoms. The van der Waals surface area contributed by atoms with Crippen LogP contribution in [0.5, 0.6) is 5.75 Å². The third kappa shape index (κ3) is 6.00. The van der Waals surface area contributed by atoms with E-state index in [1.807, 2.05) is 42.5 Å². The van der Waals surface area contributed by atoms with Gasteiger partial charge in [0.15, 0.2) is 5.96 Å². The Labute approximate surface area is 190 Å². The highest BCUT2D eigenvalue weighted by Gasteiger charge is 2.21. The molecule has 2 aromatic carbocycles. The van der Waals surface area contributed by atoms with Gasteiger partial charge in [-0.05, 0) is 36.8 Å². The lowest BCUT2D eigenvalue weighted by Gasteiger charge is -2.38. The van der Waals surface area contributed by atoms with Crippen molar-refractivity contribution >= 4 is 35.6 Å². The molecule has 29 heavy (non-hydrogen) atoms. The molecule has 7 heteroatoms. The standard InChI is InChI=1S/C22H27N5O.HI/c1-3-24-22(25-17-19-8-6-7-18(15-19)16-23)27-13-11-26(12-14-27)20-9-4-5-10-21(20)28-2;/h4-10,15H,3,11-14,17H2,1-2H3,(H,24,25);1H. The van der Waals surface area contributed by atoms with Gasteiger partial charge in [0.25, 0.3) is 0 Å². The summed E-state index contributed by atoms with van der Waals surface area (Å²) >= 11 is 0. The molecule has 1 aliphatic heterocycles. The van der Waals surface area contributed by atoms with Crippen LogP contribution in [0.1, 0.15) is 18.1 Å². The van der Waals surface area contributed by atoms with Crippen LogP contribution in [0.2, 0.25) is 0 Å². The van der Waals surface area contributed by atoms with Crippen molar-refractivity contribution < 1.29 is 4.74 Å². The van der Waals surface area contributed by atoms with E-state index in [4.69, 9.17) is 15.0 Å². The second-order valence-corrected chi connectivity index (χ2v) is 6.63. The molecule has 1 aliphatic rings. The third-order valence-electron chi connectivity index (χ3n) is 4.81. The van der Waals surface area contributed by atoms with Crippen LogP contribution < -0.4 is 15.0 Å². The summed E-state index contributed by atoms with van der Waals surface area (Å²) in [5, 5.41) is 12.5. The molecule has 3 rings (SSSR count). The largest absolute Gasteiger partial charge is 0.495 e. The summed E-state index contributed by atoms with van der Waals surface area (Å²) in [6.07, 6.45) is 0. The van der Waals surface area contributed by atoms with Gasteiger partial charge < -0.3 is 19.9 Å². The first-order valence-corrected chi connectivity index (χ1v) is 9.65. The van der Waals surface area contributed by atoms with E-state index < -0.39 is 0 Å². The Balaban J connectivity index is 0.00000300. The maximum atomic E-state index is 9.06. The molecule has 1 saturated heterocycles. The van der Waals surface area contributed by atoms with E-state index in [-0.39, 0.29) is 24.0 Å². The SMILES string of the molecule is CCNC(=NCc1cccc(C#N)c1)N1CCN(c2ccccc2OC)CC1.I. The zero-order valence-corrected chi connectivity index (χ0v) is 19.3. The predicted molar refractivity (Wildman–Crippen MR) is 128 cm³/mol. The van der Waals surface area contributed by atoms with Gasteiger partial charge in [-0.3, -0.25) is 0 Å². The normalized spacial score (nSPS) is 14.0. The van der Waals surface area contributed by atoms with Crippen molar-refractivity contribution in [3.05, 3.63) is 59.7 Å². The van der Waals surface area contributed by atoms with Gasteiger partial charge in [-0.25, -0.2) is 4.99 Å². The van der Waals surface area contributed by atoms with Gasteiger partial charge in [0.05, 0.1) is 31.0 Å². The van der Waals surface area contributed by atoms with Crippen molar-refractivity contribution in [2.75, 3.05) is 44.7 Å². The van der Waals surface area contributed by atoms with Crippen LogP contribution >= 0.6 is 24.0 Å². The van der Waals surface area contributed by atoms with Crippen LogP contribution in [0, 0.1) is 11.3 Å². The Bertz CT molecular complexity index is 856. The second kappa shape index (κ2) is 11.5. The lowest BCUT2D eigenvalue weighted by molar-refractivity contribution is 0.367. The number of hydrogen-bond donors (Lipinski definition) is 1. The van der Waals surface area contributed by atoms with Crippen LogP contribution in [0.25, 0.3) is 0 Å². The first-order chi connectivity index (χ1) is 13.7. The van der Waals surface area contributed by atoms with E-state index in [0.29, 0.717) is 12.1 Å². The minimum atomic E-state index is 0. The number of aliphatic imine (C=N–C) groups is 1. The molecule has 0 unspecified atom stereocenters.